The van der Waals surface area contributed by atoms with Gasteiger partial charge in [-0.2, -0.15) is 0 Å². The average Bonchev–Trinajstić information content (AvgIpc) is 2.09. The van der Waals surface area contributed by atoms with Gasteiger partial charge in [-0.05, 0) is 18.6 Å². The molecule has 2 nitrogen and oxygen atoms in total. The normalized spacial score (nSPS) is 12.5. The van der Waals surface area contributed by atoms with Crippen LogP contribution in [-0.4, -0.2) is 4.98 Å². The summed E-state index contributed by atoms with van der Waals surface area (Å²) in [6, 6.07) is 3.09. The fourth-order valence-corrected chi connectivity index (χ4v) is 1.38. The Morgan fingerprint density at radius 2 is 2.23 bits per heavy atom. The van der Waals surface area contributed by atoms with Crippen LogP contribution in [0.15, 0.2) is 24.8 Å². The molecular formula is C9H10Cl2N2. The topological polar surface area (TPSA) is 38.9 Å². The van der Waals surface area contributed by atoms with Gasteiger partial charge in [0.15, 0.2) is 0 Å². The highest BCUT2D eigenvalue weighted by Gasteiger charge is 2.10. The molecule has 13 heavy (non-hydrogen) atoms. The minimum Gasteiger partial charge on any atom is -0.322 e. The second-order valence-corrected chi connectivity index (χ2v) is 3.43. The molecule has 2 N–H and O–H groups in total. The number of pyridine rings is 1. The first-order chi connectivity index (χ1) is 6.15. The zero-order valence-corrected chi connectivity index (χ0v) is 8.52. The number of hydrogen-bond acceptors (Lipinski definition) is 2. The zero-order valence-electron chi connectivity index (χ0n) is 7.00. The fraction of sp³-hybridized carbons (Fsp3) is 0.222. The van der Waals surface area contributed by atoms with E-state index in [-0.39, 0.29) is 6.04 Å². The molecule has 0 aromatic carbocycles. The third-order valence-electron chi connectivity index (χ3n) is 1.61. The smallest absolute Gasteiger partial charge is 0.129 e. The maximum Gasteiger partial charge on any atom is 0.129 e. The van der Waals surface area contributed by atoms with Crippen LogP contribution in [0.4, 0.5) is 0 Å². The highest BCUT2D eigenvalue weighted by Crippen LogP contribution is 2.23. The van der Waals surface area contributed by atoms with Crippen molar-refractivity contribution < 1.29 is 0 Å². The lowest BCUT2D eigenvalue weighted by atomic mass is 10.1. The molecule has 0 amide bonds. The first kappa shape index (κ1) is 10.5. The minimum absolute atomic E-state index is 0.233. The molecule has 0 aliphatic carbocycles. The van der Waals surface area contributed by atoms with Crippen molar-refractivity contribution in [3.05, 3.63) is 40.7 Å². The van der Waals surface area contributed by atoms with Gasteiger partial charge in [0.05, 0.1) is 16.8 Å². The molecule has 0 saturated heterocycles. The predicted octanol–water partition coefficient (Wildman–Crippen LogP) is 2.96. The quantitative estimate of drug-likeness (QED) is 0.624. The minimum atomic E-state index is -0.233. The third kappa shape index (κ3) is 2.69. The summed E-state index contributed by atoms with van der Waals surface area (Å²) >= 11 is 11.6. The summed E-state index contributed by atoms with van der Waals surface area (Å²) in [5.41, 5.74) is 6.42. The number of halogens is 2. The van der Waals surface area contributed by atoms with Crippen LogP contribution in [0.1, 0.15) is 18.2 Å². The van der Waals surface area contributed by atoms with E-state index >= 15 is 0 Å². The number of rotatable bonds is 3. The van der Waals surface area contributed by atoms with Crippen molar-refractivity contribution in [2.75, 3.05) is 0 Å². The molecule has 1 aromatic rings. The van der Waals surface area contributed by atoms with Gasteiger partial charge in [-0.1, -0.05) is 29.3 Å². The van der Waals surface area contributed by atoms with Crippen LogP contribution >= 0.6 is 23.2 Å². The van der Waals surface area contributed by atoms with Gasteiger partial charge in [0.1, 0.15) is 5.15 Å². The van der Waals surface area contributed by atoms with Gasteiger partial charge in [-0.15, -0.1) is 6.58 Å². The second kappa shape index (κ2) is 4.61. The van der Waals surface area contributed by atoms with Crippen molar-refractivity contribution in [1.29, 1.82) is 0 Å². The number of nitrogens with two attached hydrogens (primary N) is 1. The Balaban J connectivity index is 2.97. The van der Waals surface area contributed by atoms with Gasteiger partial charge >= 0.3 is 0 Å². The Labute approximate surface area is 87.4 Å². The van der Waals surface area contributed by atoms with Gasteiger partial charge in [0.2, 0.25) is 0 Å². The number of aromatic nitrogens is 1. The SMILES string of the molecule is C=CC[C@@H](N)c1nc(Cl)ccc1Cl. The van der Waals surface area contributed by atoms with Gasteiger partial charge in [-0.3, -0.25) is 0 Å². The molecule has 1 rings (SSSR count). The van der Waals surface area contributed by atoms with E-state index < -0.39 is 0 Å². The van der Waals surface area contributed by atoms with Gasteiger partial charge < -0.3 is 5.73 Å². The Bertz CT molecular complexity index is 312. The Morgan fingerprint density at radius 3 is 2.85 bits per heavy atom. The summed E-state index contributed by atoms with van der Waals surface area (Å²) in [7, 11) is 0. The van der Waals surface area contributed by atoms with E-state index in [1.807, 2.05) is 0 Å². The molecule has 1 atom stereocenters. The van der Waals surface area contributed by atoms with Crippen molar-refractivity contribution >= 4 is 23.2 Å². The lowest BCUT2D eigenvalue weighted by molar-refractivity contribution is 0.714. The average molecular weight is 217 g/mol. The predicted molar refractivity (Wildman–Crippen MR) is 56.0 cm³/mol. The maximum absolute atomic E-state index is 5.89. The van der Waals surface area contributed by atoms with E-state index in [4.69, 9.17) is 28.9 Å². The molecule has 0 fully saturated rings. The summed E-state index contributed by atoms with van der Waals surface area (Å²) in [6.07, 6.45) is 2.36. The van der Waals surface area contributed by atoms with E-state index in [1.165, 1.54) is 0 Å². The molecule has 0 bridgehead atoms. The lowest BCUT2D eigenvalue weighted by Crippen LogP contribution is -2.11. The Morgan fingerprint density at radius 1 is 1.54 bits per heavy atom. The molecule has 70 valence electrons. The summed E-state index contributed by atoms with van der Waals surface area (Å²) in [5, 5.41) is 0.942. The molecule has 0 aliphatic rings. The van der Waals surface area contributed by atoms with Crippen LogP contribution in [-0.2, 0) is 0 Å². The van der Waals surface area contributed by atoms with E-state index in [1.54, 1.807) is 18.2 Å². The molecule has 0 saturated carbocycles. The maximum atomic E-state index is 5.89. The third-order valence-corrected chi connectivity index (χ3v) is 2.14. The van der Waals surface area contributed by atoms with Crippen LogP contribution in [0.5, 0.6) is 0 Å². The number of hydrogen-bond donors (Lipinski definition) is 1. The Hall–Kier alpha value is -0.570. The standard InChI is InChI=1S/C9H10Cl2N2/c1-2-3-7(12)9-6(10)4-5-8(11)13-9/h2,4-5,7H,1,3,12H2/t7-/m1/s1. The summed E-state index contributed by atoms with van der Waals surface area (Å²) < 4.78 is 0. The lowest BCUT2D eigenvalue weighted by Gasteiger charge is -2.10. The zero-order chi connectivity index (χ0) is 9.84. The molecule has 0 aliphatic heterocycles. The van der Waals surface area contributed by atoms with Crippen molar-refractivity contribution in [1.82, 2.24) is 4.98 Å². The molecule has 0 unspecified atom stereocenters. The second-order valence-electron chi connectivity index (χ2n) is 2.63. The highest BCUT2D eigenvalue weighted by molar-refractivity contribution is 6.32. The largest absolute Gasteiger partial charge is 0.322 e. The van der Waals surface area contributed by atoms with Crippen LogP contribution in [0.3, 0.4) is 0 Å². The van der Waals surface area contributed by atoms with Crippen LogP contribution in [0, 0.1) is 0 Å². The molecule has 4 heteroatoms. The van der Waals surface area contributed by atoms with Crippen molar-refractivity contribution in [3.8, 4) is 0 Å². The molecule has 1 heterocycles. The number of nitrogens with zero attached hydrogens (tertiary/aromatic N) is 1. The monoisotopic (exact) mass is 216 g/mol. The van der Waals surface area contributed by atoms with E-state index in [9.17, 15) is 0 Å². The fourth-order valence-electron chi connectivity index (χ4n) is 0.984. The first-order valence-electron chi connectivity index (χ1n) is 3.83. The van der Waals surface area contributed by atoms with E-state index in [2.05, 4.69) is 11.6 Å². The molecule has 1 aromatic heterocycles. The van der Waals surface area contributed by atoms with E-state index in [0.717, 1.165) is 0 Å². The first-order valence-corrected chi connectivity index (χ1v) is 4.59. The van der Waals surface area contributed by atoms with Crippen molar-refractivity contribution in [2.45, 2.75) is 12.5 Å². The van der Waals surface area contributed by atoms with Crippen LogP contribution in [0.2, 0.25) is 10.2 Å². The summed E-state index contributed by atoms with van der Waals surface area (Å²) in [4.78, 5) is 4.05. The Kier molecular flexibility index (Phi) is 3.72. The molecule has 0 spiro atoms. The molecule has 0 radical (unpaired) electrons. The highest BCUT2D eigenvalue weighted by atomic mass is 35.5. The van der Waals surface area contributed by atoms with Crippen molar-refractivity contribution in [3.63, 3.8) is 0 Å². The van der Waals surface area contributed by atoms with E-state index in [0.29, 0.717) is 22.3 Å². The van der Waals surface area contributed by atoms with Gasteiger partial charge in [0.25, 0.3) is 0 Å². The van der Waals surface area contributed by atoms with Gasteiger partial charge in [0, 0.05) is 0 Å². The van der Waals surface area contributed by atoms with Gasteiger partial charge in [-0.25, -0.2) is 4.98 Å². The molecular weight excluding hydrogens is 207 g/mol. The summed E-state index contributed by atoms with van der Waals surface area (Å²) in [5.74, 6) is 0. The van der Waals surface area contributed by atoms with Crippen LogP contribution < -0.4 is 5.73 Å². The van der Waals surface area contributed by atoms with Crippen molar-refractivity contribution in [2.24, 2.45) is 5.73 Å². The summed E-state index contributed by atoms with van der Waals surface area (Å²) in [6.45, 7) is 3.59. The van der Waals surface area contributed by atoms with Crippen LogP contribution in [0.25, 0.3) is 0 Å².